The van der Waals surface area contributed by atoms with E-state index in [1.807, 2.05) is 13.0 Å². The molecule has 1 fully saturated rings. The van der Waals surface area contributed by atoms with Crippen molar-refractivity contribution in [2.75, 3.05) is 6.61 Å². The molecule has 4 nitrogen and oxygen atoms in total. The molecule has 29 heavy (non-hydrogen) atoms. The van der Waals surface area contributed by atoms with Gasteiger partial charge in [-0.2, -0.15) is 0 Å². The predicted molar refractivity (Wildman–Crippen MR) is 121 cm³/mol. The van der Waals surface area contributed by atoms with Gasteiger partial charge < -0.3 is 14.9 Å². The lowest BCUT2D eigenvalue weighted by atomic mass is 9.78. The molecule has 0 bridgehead atoms. The number of hydrogen-bond acceptors (Lipinski definition) is 4. The summed E-state index contributed by atoms with van der Waals surface area (Å²) in [5, 5.41) is 21.5. The number of unbranched alkanes of at least 4 members (excludes halogenated alkanes) is 3. The number of aliphatic hydroxyl groups excluding tert-OH is 2. The molecule has 0 radical (unpaired) electrons. The summed E-state index contributed by atoms with van der Waals surface area (Å²) in [4.78, 5) is 11.4. The summed E-state index contributed by atoms with van der Waals surface area (Å²) in [6.45, 7) is 4.44. The molecule has 164 valence electrons. The topological polar surface area (TPSA) is 66.8 Å². The maximum Gasteiger partial charge on any atom is 0.306 e. The number of halogens is 1. The van der Waals surface area contributed by atoms with Crippen LogP contribution >= 0.6 is 15.9 Å². The first kappa shape index (κ1) is 24.2. The fourth-order valence-corrected chi connectivity index (χ4v) is 5.18. The number of carbonyl (C=O) groups excluding carboxylic acids is 1. The molecular formula is C24H37BrO4. The number of rotatable bonds is 11. The Morgan fingerprint density at radius 3 is 2.79 bits per heavy atom. The third-order valence-corrected chi connectivity index (χ3v) is 6.93. The average Bonchev–Trinajstić information content (AvgIpc) is 3.03. The fourth-order valence-electron chi connectivity index (χ4n) is 4.64. The highest BCUT2D eigenvalue weighted by atomic mass is 79.9. The first-order valence-corrected chi connectivity index (χ1v) is 12.1. The van der Waals surface area contributed by atoms with Crippen LogP contribution in [-0.2, 0) is 9.53 Å². The summed E-state index contributed by atoms with van der Waals surface area (Å²) in [6.07, 6.45) is 15.1. The van der Waals surface area contributed by atoms with Gasteiger partial charge in [0.05, 0.1) is 12.7 Å². The van der Waals surface area contributed by atoms with Gasteiger partial charge in [-0.05, 0) is 57.3 Å². The molecule has 2 N–H and O–H groups in total. The van der Waals surface area contributed by atoms with E-state index in [0.717, 1.165) is 30.2 Å². The second kappa shape index (κ2) is 12.6. The monoisotopic (exact) mass is 468 g/mol. The van der Waals surface area contributed by atoms with Crippen LogP contribution in [0, 0.1) is 17.8 Å². The summed E-state index contributed by atoms with van der Waals surface area (Å²) in [5.74, 6) is 0.648. The van der Waals surface area contributed by atoms with E-state index in [0.29, 0.717) is 43.5 Å². The molecule has 5 heteroatoms. The Hall–Kier alpha value is -1.07. The molecule has 0 aromatic rings. The van der Waals surface area contributed by atoms with Crippen LogP contribution in [0.2, 0.25) is 0 Å². The highest BCUT2D eigenvalue weighted by molar-refractivity contribution is 9.11. The predicted octanol–water partition coefficient (Wildman–Crippen LogP) is 6.35. The van der Waals surface area contributed by atoms with Crippen molar-refractivity contribution in [2.24, 2.45) is 17.8 Å². The lowest BCUT2D eigenvalue weighted by molar-refractivity contribution is -0.143. The lowest BCUT2D eigenvalue weighted by Gasteiger charge is -2.28. The van der Waals surface area contributed by atoms with Crippen molar-refractivity contribution in [3.8, 4) is 0 Å². The molecule has 0 amide bonds. The summed E-state index contributed by atoms with van der Waals surface area (Å²) >= 11 is 3.58. The number of allylic oxidation sites excluding steroid dienone is 5. The van der Waals surface area contributed by atoms with Gasteiger partial charge in [-0.25, -0.2) is 0 Å². The van der Waals surface area contributed by atoms with Crippen LogP contribution in [0.4, 0.5) is 0 Å². The number of fused-ring (bicyclic) bond motifs is 1. The van der Waals surface area contributed by atoms with Gasteiger partial charge in [-0.1, -0.05) is 65.9 Å². The van der Waals surface area contributed by atoms with Gasteiger partial charge in [0, 0.05) is 16.8 Å². The standard InChI is InChI=1S/C24H37BrO4/c1-3-5-6-7-11-20(25)24(28)23-19-14-13-17(15-18(19)16-21(23)26)10-8-9-12-22(27)29-4-2/h8,10,15,18-19,21,23,26,28H,3-7,9,11-14,16H2,1-2H3/t18-,19-,21-,23+/m1/s1. The fraction of sp³-hybridized carbons (Fsp3) is 0.708. The van der Waals surface area contributed by atoms with Crippen LogP contribution in [-0.4, -0.2) is 28.9 Å². The quantitative estimate of drug-likeness (QED) is 0.210. The van der Waals surface area contributed by atoms with Gasteiger partial charge in [-0.15, -0.1) is 0 Å². The highest BCUT2D eigenvalue weighted by Crippen LogP contribution is 2.48. The van der Waals surface area contributed by atoms with Crippen molar-refractivity contribution in [3.63, 3.8) is 0 Å². The van der Waals surface area contributed by atoms with Crippen LogP contribution in [0.15, 0.2) is 34.0 Å². The summed E-state index contributed by atoms with van der Waals surface area (Å²) < 4.78 is 5.81. The van der Waals surface area contributed by atoms with Gasteiger partial charge in [0.1, 0.15) is 5.76 Å². The van der Waals surface area contributed by atoms with E-state index in [-0.39, 0.29) is 11.9 Å². The molecule has 2 aliphatic rings. The Bertz CT molecular complexity index is 622. The van der Waals surface area contributed by atoms with E-state index in [1.165, 1.54) is 24.8 Å². The number of hydrogen-bond donors (Lipinski definition) is 2. The average molecular weight is 469 g/mol. The van der Waals surface area contributed by atoms with E-state index < -0.39 is 6.10 Å². The molecule has 2 aliphatic carbocycles. The summed E-state index contributed by atoms with van der Waals surface area (Å²) in [7, 11) is 0. The van der Waals surface area contributed by atoms with Crippen LogP contribution in [0.3, 0.4) is 0 Å². The highest BCUT2D eigenvalue weighted by Gasteiger charge is 2.45. The van der Waals surface area contributed by atoms with Crippen LogP contribution in [0.1, 0.15) is 78.1 Å². The molecule has 0 spiro atoms. The van der Waals surface area contributed by atoms with E-state index in [1.54, 1.807) is 0 Å². The smallest absolute Gasteiger partial charge is 0.306 e. The molecule has 4 atom stereocenters. The number of carbonyl (C=O) groups is 1. The second-order valence-corrected chi connectivity index (χ2v) is 9.24. The van der Waals surface area contributed by atoms with Gasteiger partial charge in [-0.3, -0.25) is 4.79 Å². The molecule has 0 saturated heterocycles. The Morgan fingerprint density at radius 2 is 2.07 bits per heavy atom. The normalized spacial score (nSPS) is 27.5. The second-order valence-electron chi connectivity index (χ2n) is 8.28. The summed E-state index contributed by atoms with van der Waals surface area (Å²) in [5.41, 5.74) is 1.27. The van der Waals surface area contributed by atoms with Crippen molar-refractivity contribution in [2.45, 2.75) is 84.2 Å². The zero-order valence-corrected chi connectivity index (χ0v) is 19.5. The van der Waals surface area contributed by atoms with E-state index in [9.17, 15) is 15.0 Å². The van der Waals surface area contributed by atoms with Crippen molar-refractivity contribution in [1.29, 1.82) is 0 Å². The lowest BCUT2D eigenvalue weighted by Crippen LogP contribution is -2.24. The third-order valence-electron chi connectivity index (χ3n) is 6.13. The molecule has 0 unspecified atom stereocenters. The summed E-state index contributed by atoms with van der Waals surface area (Å²) in [6, 6.07) is 0. The van der Waals surface area contributed by atoms with E-state index in [2.05, 4.69) is 35.0 Å². The molecule has 0 aliphatic heterocycles. The van der Waals surface area contributed by atoms with Gasteiger partial charge in [0.25, 0.3) is 0 Å². The zero-order valence-electron chi connectivity index (χ0n) is 17.9. The Balaban J connectivity index is 1.92. The Morgan fingerprint density at radius 1 is 1.28 bits per heavy atom. The molecule has 0 aromatic heterocycles. The van der Waals surface area contributed by atoms with Crippen molar-refractivity contribution >= 4 is 21.9 Å². The van der Waals surface area contributed by atoms with Crippen molar-refractivity contribution < 1.29 is 19.7 Å². The SMILES string of the molecule is CCCCCCC(Br)=C(O)[C@H]1[C@@H]2CCC(C=CCCC(=O)OCC)=C[C@@H]2C[C@H]1O. The maximum atomic E-state index is 11.4. The molecule has 0 aromatic carbocycles. The van der Waals surface area contributed by atoms with E-state index >= 15 is 0 Å². The van der Waals surface area contributed by atoms with Gasteiger partial charge >= 0.3 is 5.97 Å². The maximum absolute atomic E-state index is 11.4. The molecular weight excluding hydrogens is 432 g/mol. The van der Waals surface area contributed by atoms with Gasteiger partial charge in [0.15, 0.2) is 0 Å². The number of ether oxygens (including phenoxy) is 1. The Labute approximate surface area is 184 Å². The third kappa shape index (κ3) is 7.29. The van der Waals surface area contributed by atoms with Crippen LogP contribution in [0.5, 0.6) is 0 Å². The van der Waals surface area contributed by atoms with Crippen LogP contribution in [0.25, 0.3) is 0 Å². The minimum atomic E-state index is -0.489. The Kier molecular flexibility index (Phi) is 10.5. The van der Waals surface area contributed by atoms with E-state index in [4.69, 9.17) is 4.74 Å². The van der Waals surface area contributed by atoms with Crippen molar-refractivity contribution in [3.05, 3.63) is 34.0 Å². The largest absolute Gasteiger partial charge is 0.511 e. The minimum Gasteiger partial charge on any atom is -0.511 e. The van der Waals surface area contributed by atoms with Gasteiger partial charge in [0.2, 0.25) is 0 Å². The molecule has 0 heterocycles. The number of esters is 1. The van der Waals surface area contributed by atoms with Crippen molar-refractivity contribution in [1.82, 2.24) is 0 Å². The number of aliphatic hydroxyl groups is 2. The first-order valence-electron chi connectivity index (χ1n) is 11.3. The first-order chi connectivity index (χ1) is 14.0. The molecule has 2 rings (SSSR count). The zero-order chi connectivity index (χ0) is 21.2. The molecule has 1 saturated carbocycles. The minimum absolute atomic E-state index is 0.154. The van der Waals surface area contributed by atoms with Crippen LogP contribution < -0.4 is 0 Å².